The Morgan fingerprint density at radius 3 is 2.00 bits per heavy atom. The minimum atomic E-state index is -2.87. The summed E-state index contributed by atoms with van der Waals surface area (Å²) in [6.07, 6.45) is 0.970. The van der Waals surface area contributed by atoms with Crippen molar-refractivity contribution in [3.05, 3.63) is 54.6 Å². The van der Waals surface area contributed by atoms with Crippen LogP contribution in [-0.2, 0) is 22.9 Å². The zero-order chi connectivity index (χ0) is 27.4. The number of carbonyl (C=O) groups excluding carboxylic acids is 2. The van der Waals surface area contributed by atoms with Crippen molar-refractivity contribution in [2.45, 2.75) is 64.0 Å². The summed E-state index contributed by atoms with van der Waals surface area (Å²) < 4.78 is 19.2. The van der Waals surface area contributed by atoms with E-state index in [0.29, 0.717) is 24.0 Å². The number of nitrogens with zero attached hydrogens (tertiary/aromatic N) is 4. The number of benzene rings is 2. The minimum absolute atomic E-state index is 0.0402. The van der Waals surface area contributed by atoms with E-state index in [2.05, 4.69) is 41.2 Å². The summed E-state index contributed by atoms with van der Waals surface area (Å²) in [7, 11) is -2.87. The lowest BCUT2D eigenvalue weighted by atomic mass is 10.2. The molecule has 10 nitrogen and oxygen atoms in total. The van der Waals surface area contributed by atoms with E-state index >= 15 is 0 Å². The highest BCUT2D eigenvalue weighted by Crippen LogP contribution is 2.30. The van der Waals surface area contributed by atoms with E-state index in [0.717, 1.165) is 31.7 Å². The molecule has 4 fully saturated rings. The van der Waals surface area contributed by atoms with Gasteiger partial charge in [0, 0.05) is 25.7 Å². The average molecular weight is 552 g/mol. The van der Waals surface area contributed by atoms with Gasteiger partial charge >= 0.3 is 8.80 Å². The van der Waals surface area contributed by atoms with Crippen LogP contribution in [0.1, 0.15) is 33.6 Å². The van der Waals surface area contributed by atoms with Crippen LogP contribution in [0.5, 0.6) is 0 Å². The monoisotopic (exact) mass is 551 g/mol. The van der Waals surface area contributed by atoms with Gasteiger partial charge < -0.3 is 18.6 Å². The lowest BCUT2D eigenvalue weighted by Crippen LogP contribution is -2.61. The van der Waals surface area contributed by atoms with Crippen LogP contribution in [0.15, 0.2) is 64.8 Å². The lowest BCUT2D eigenvalue weighted by molar-refractivity contribution is -0.121. The molecule has 0 aliphatic carbocycles. The standard InChI is InChI=1S/C28H37N5O5Si/c1-20-17-32-18-21(2)37-39(36-20,38-22(3)19-32)15-7-14-29-26-16-27(34)33(28(26)35)25-12-10-24(11-13-25)31-30-23-8-5-4-6-9-23/h4-6,8-13,20-22,26,29H,7,14-19H2,1-3H3. The third-order valence-electron chi connectivity index (χ3n) is 7.03. The van der Waals surface area contributed by atoms with Crippen molar-refractivity contribution >= 4 is 37.7 Å². The molecule has 0 saturated carbocycles. The van der Waals surface area contributed by atoms with Gasteiger partial charge in [-0.15, -0.1) is 0 Å². The summed E-state index contributed by atoms with van der Waals surface area (Å²) in [5, 5.41) is 11.7. The summed E-state index contributed by atoms with van der Waals surface area (Å²) in [6, 6.07) is 16.5. The van der Waals surface area contributed by atoms with Gasteiger partial charge in [0.1, 0.15) is 0 Å². The Morgan fingerprint density at radius 2 is 1.41 bits per heavy atom. The molecule has 4 unspecified atom stereocenters. The summed E-state index contributed by atoms with van der Waals surface area (Å²) in [4.78, 5) is 29.5. The maximum absolute atomic E-state index is 13.1. The van der Waals surface area contributed by atoms with Crippen LogP contribution in [0.2, 0.25) is 6.04 Å². The molecule has 2 amide bonds. The minimum Gasteiger partial charge on any atom is -0.369 e. The largest absolute Gasteiger partial charge is 0.501 e. The van der Waals surface area contributed by atoms with Gasteiger partial charge in [0.05, 0.1) is 47.8 Å². The van der Waals surface area contributed by atoms with E-state index in [-0.39, 0.29) is 36.5 Å². The molecule has 2 bridgehead atoms. The maximum Gasteiger partial charge on any atom is 0.501 e. The predicted octanol–water partition coefficient (Wildman–Crippen LogP) is 4.20. The molecule has 11 heteroatoms. The van der Waals surface area contributed by atoms with Gasteiger partial charge in [0.25, 0.3) is 5.91 Å². The van der Waals surface area contributed by atoms with Crippen molar-refractivity contribution in [3.63, 3.8) is 0 Å². The first kappa shape index (κ1) is 27.8. The molecule has 4 atom stereocenters. The van der Waals surface area contributed by atoms with Crippen molar-refractivity contribution in [2.24, 2.45) is 10.2 Å². The van der Waals surface area contributed by atoms with Gasteiger partial charge in [-0.3, -0.25) is 14.5 Å². The number of fused-ring (bicyclic) bond motifs is 6. The van der Waals surface area contributed by atoms with Gasteiger partial charge in [0.15, 0.2) is 0 Å². The molecule has 0 spiro atoms. The van der Waals surface area contributed by atoms with E-state index in [1.807, 2.05) is 30.3 Å². The molecule has 6 rings (SSSR count). The Kier molecular flexibility index (Phi) is 8.65. The van der Waals surface area contributed by atoms with E-state index < -0.39 is 14.8 Å². The third kappa shape index (κ3) is 6.86. The smallest absolute Gasteiger partial charge is 0.369 e. The molecule has 2 aromatic carbocycles. The molecule has 4 aliphatic rings. The summed E-state index contributed by atoms with van der Waals surface area (Å²) in [5.74, 6) is -0.467. The molecule has 4 saturated heterocycles. The normalized spacial score (nSPS) is 31.5. The van der Waals surface area contributed by atoms with Crippen molar-refractivity contribution in [1.82, 2.24) is 10.2 Å². The Balaban J connectivity index is 1.15. The van der Waals surface area contributed by atoms with Crippen LogP contribution in [0.4, 0.5) is 17.1 Å². The maximum atomic E-state index is 13.1. The number of imide groups is 1. The summed E-state index contributed by atoms with van der Waals surface area (Å²) in [6.45, 7) is 9.40. The number of rotatable bonds is 8. The molecular formula is C28H37N5O5Si. The fourth-order valence-electron chi connectivity index (χ4n) is 5.53. The Hall–Kier alpha value is -2.80. The van der Waals surface area contributed by atoms with Gasteiger partial charge in [-0.2, -0.15) is 10.2 Å². The van der Waals surface area contributed by atoms with Crippen molar-refractivity contribution in [1.29, 1.82) is 0 Å². The summed E-state index contributed by atoms with van der Waals surface area (Å²) in [5.41, 5.74) is 1.92. The fraction of sp³-hybridized carbons (Fsp3) is 0.500. The van der Waals surface area contributed by atoms with Crippen LogP contribution in [0.25, 0.3) is 0 Å². The van der Waals surface area contributed by atoms with Crippen molar-refractivity contribution < 1.29 is 22.9 Å². The van der Waals surface area contributed by atoms with Gasteiger partial charge in [-0.1, -0.05) is 18.2 Å². The van der Waals surface area contributed by atoms with Gasteiger partial charge in [0.2, 0.25) is 5.91 Å². The van der Waals surface area contributed by atoms with Crippen LogP contribution in [0.3, 0.4) is 0 Å². The zero-order valence-electron chi connectivity index (χ0n) is 22.8. The Labute approximate surface area is 230 Å². The molecule has 4 aliphatic heterocycles. The molecule has 0 radical (unpaired) electrons. The fourth-order valence-corrected chi connectivity index (χ4v) is 8.72. The lowest BCUT2D eigenvalue weighted by Gasteiger charge is -2.45. The number of nitrogens with one attached hydrogen (secondary N) is 1. The van der Waals surface area contributed by atoms with Crippen molar-refractivity contribution in [3.8, 4) is 0 Å². The SMILES string of the molecule is CC1CN2CC(C)O[Si](CCCNC3CC(=O)N(c4ccc(N=Nc5ccccc5)cc4)C3=O)(O1)OC(C)C2. The molecule has 2 aromatic rings. The van der Waals surface area contributed by atoms with Gasteiger partial charge in [-0.25, -0.2) is 4.90 Å². The average Bonchev–Trinajstić information content (AvgIpc) is 3.17. The molecular weight excluding hydrogens is 514 g/mol. The first-order chi connectivity index (χ1) is 18.8. The molecule has 1 N–H and O–H groups in total. The van der Waals surface area contributed by atoms with E-state index in [1.165, 1.54) is 4.90 Å². The first-order valence-electron chi connectivity index (χ1n) is 13.7. The number of amides is 2. The highest BCUT2D eigenvalue weighted by molar-refractivity contribution is 6.60. The number of hydrogen-bond donors (Lipinski definition) is 1. The number of hydrogen-bond acceptors (Lipinski definition) is 9. The number of anilines is 1. The highest BCUT2D eigenvalue weighted by Gasteiger charge is 2.49. The Morgan fingerprint density at radius 1 is 0.846 bits per heavy atom. The second-order valence-electron chi connectivity index (χ2n) is 10.6. The molecule has 39 heavy (non-hydrogen) atoms. The van der Waals surface area contributed by atoms with Crippen LogP contribution in [-0.4, -0.2) is 76.1 Å². The van der Waals surface area contributed by atoms with Crippen molar-refractivity contribution in [2.75, 3.05) is 31.1 Å². The zero-order valence-corrected chi connectivity index (χ0v) is 23.8. The second-order valence-corrected chi connectivity index (χ2v) is 13.2. The molecule has 4 heterocycles. The van der Waals surface area contributed by atoms with E-state index in [1.54, 1.807) is 24.3 Å². The number of carbonyl (C=O) groups is 2. The van der Waals surface area contributed by atoms with E-state index in [4.69, 9.17) is 13.3 Å². The van der Waals surface area contributed by atoms with Gasteiger partial charge in [-0.05, 0) is 70.1 Å². The third-order valence-corrected chi connectivity index (χ3v) is 10.3. The summed E-state index contributed by atoms with van der Waals surface area (Å²) >= 11 is 0. The van der Waals surface area contributed by atoms with Crippen LogP contribution >= 0.6 is 0 Å². The topological polar surface area (TPSA) is 105 Å². The number of azo groups is 1. The van der Waals surface area contributed by atoms with Crippen LogP contribution in [0, 0.1) is 0 Å². The Bertz CT molecular complexity index is 1140. The second kappa shape index (κ2) is 12.2. The quantitative estimate of drug-likeness (QED) is 0.227. The predicted molar refractivity (Wildman–Crippen MR) is 149 cm³/mol. The first-order valence-corrected chi connectivity index (χ1v) is 15.7. The molecule has 0 aromatic heterocycles. The van der Waals surface area contributed by atoms with Crippen LogP contribution < -0.4 is 10.2 Å². The molecule has 208 valence electrons. The van der Waals surface area contributed by atoms with E-state index in [9.17, 15) is 9.59 Å². The highest BCUT2D eigenvalue weighted by atomic mass is 28.4.